The molecule has 0 bridgehead atoms. The monoisotopic (exact) mass is 257 g/mol. The van der Waals surface area contributed by atoms with Crippen molar-refractivity contribution in [3.63, 3.8) is 0 Å². The molecule has 0 aromatic carbocycles. The van der Waals surface area contributed by atoms with E-state index >= 15 is 0 Å². The predicted octanol–water partition coefficient (Wildman–Crippen LogP) is 2.68. The lowest BCUT2D eigenvalue weighted by Crippen LogP contribution is -1.94. The highest BCUT2D eigenvalue weighted by atomic mass is 79.9. The Hall–Kier alpha value is -0.870. The number of hydrogen-bond donors (Lipinski definition) is 0. The summed E-state index contributed by atoms with van der Waals surface area (Å²) >= 11 is 9.06. The summed E-state index contributed by atoms with van der Waals surface area (Å²) in [5.74, 6) is 0. The van der Waals surface area contributed by atoms with Gasteiger partial charge >= 0.3 is 0 Å². The maximum Gasteiger partial charge on any atom is 0.0840 e. The van der Waals surface area contributed by atoms with Gasteiger partial charge in [-0.25, -0.2) is 4.68 Å². The van der Waals surface area contributed by atoms with E-state index in [1.165, 1.54) is 0 Å². The van der Waals surface area contributed by atoms with Gasteiger partial charge in [0.1, 0.15) is 0 Å². The van der Waals surface area contributed by atoms with Gasteiger partial charge in [0.05, 0.1) is 23.1 Å². The molecule has 2 aromatic rings. The number of hydrogen-bond acceptors (Lipinski definition) is 2. The van der Waals surface area contributed by atoms with Crippen LogP contribution in [0.25, 0.3) is 5.69 Å². The maximum atomic E-state index is 5.73. The average Bonchev–Trinajstić information content (AvgIpc) is 2.52. The van der Waals surface area contributed by atoms with E-state index in [0.29, 0.717) is 5.02 Å². The molecule has 0 saturated heterocycles. The van der Waals surface area contributed by atoms with Crippen LogP contribution >= 0.6 is 27.5 Å². The Kier molecular flexibility index (Phi) is 2.33. The molecule has 0 unspecified atom stereocenters. The number of aromatic nitrogens is 3. The average molecular weight is 259 g/mol. The third-order valence-electron chi connectivity index (χ3n) is 1.51. The number of halogens is 2. The Morgan fingerprint density at radius 1 is 1.31 bits per heavy atom. The van der Waals surface area contributed by atoms with E-state index in [0.717, 1.165) is 10.2 Å². The normalized spacial score (nSPS) is 10.3. The fraction of sp³-hybridized carbons (Fsp3) is 0. The molecular formula is C8H5BrClN3. The van der Waals surface area contributed by atoms with Crippen molar-refractivity contribution in [1.82, 2.24) is 14.8 Å². The summed E-state index contributed by atoms with van der Waals surface area (Å²) in [4.78, 5) is 4.02. The standard InChI is InChI=1S/C8H5BrClN3/c9-6-1-8(4-11-2-6)13-5-7(10)3-12-13/h1-5H. The molecule has 2 heterocycles. The van der Waals surface area contributed by atoms with Crippen LogP contribution in [0.5, 0.6) is 0 Å². The van der Waals surface area contributed by atoms with E-state index < -0.39 is 0 Å². The van der Waals surface area contributed by atoms with Crippen LogP contribution in [-0.4, -0.2) is 14.8 Å². The van der Waals surface area contributed by atoms with Gasteiger partial charge in [0.15, 0.2) is 0 Å². The molecule has 0 spiro atoms. The third kappa shape index (κ3) is 1.89. The molecule has 0 saturated carbocycles. The van der Waals surface area contributed by atoms with Crippen LogP contribution in [0, 0.1) is 0 Å². The predicted molar refractivity (Wildman–Crippen MR) is 54.1 cm³/mol. The Labute approximate surface area is 88.5 Å². The molecule has 0 aliphatic heterocycles. The van der Waals surface area contributed by atoms with E-state index in [-0.39, 0.29) is 0 Å². The molecule has 3 nitrogen and oxygen atoms in total. The van der Waals surface area contributed by atoms with Crippen molar-refractivity contribution < 1.29 is 0 Å². The molecule has 5 heteroatoms. The Balaban J connectivity index is 2.46. The number of rotatable bonds is 1. The number of pyridine rings is 1. The largest absolute Gasteiger partial charge is 0.261 e. The summed E-state index contributed by atoms with van der Waals surface area (Å²) in [5.41, 5.74) is 0.876. The van der Waals surface area contributed by atoms with Crippen LogP contribution < -0.4 is 0 Å². The van der Waals surface area contributed by atoms with Gasteiger partial charge in [0.2, 0.25) is 0 Å². The van der Waals surface area contributed by atoms with Crippen molar-refractivity contribution in [2.24, 2.45) is 0 Å². The third-order valence-corrected chi connectivity index (χ3v) is 2.13. The first kappa shape index (κ1) is 8.72. The van der Waals surface area contributed by atoms with Crippen LogP contribution in [0.1, 0.15) is 0 Å². The lowest BCUT2D eigenvalue weighted by Gasteiger charge is -1.99. The van der Waals surface area contributed by atoms with Gasteiger partial charge in [-0.1, -0.05) is 11.6 Å². The highest BCUT2D eigenvalue weighted by molar-refractivity contribution is 9.10. The van der Waals surface area contributed by atoms with E-state index in [1.807, 2.05) is 6.07 Å². The molecule has 2 rings (SSSR count). The van der Waals surface area contributed by atoms with Crippen molar-refractivity contribution in [2.75, 3.05) is 0 Å². The summed E-state index contributed by atoms with van der Waals surface area (Å²) in [6.07, 6.45) is 6.75. The Morgan fingerprint density at radius 3 is 2.77 bits per heavy atom. The van der Waals surface area contributed by atoms with E-state index in [9.17, 15) is 0 Å². The molecule has 0 aliphatic carbocycles. The second-order valence-corrected chi connectivity index (χ2v) is 3.82. The maximum absolute atomic E-state index is 5.73. The van der Waals surface area contributed by atoms with Gasteiger partial charge in [-0.05, 0) is 22.0 Å². The topological polar surface area (TPSA) is 30.7 Å². The zero-order valence-corrected chi connectivity index (χ0v) is 8.83. The lowest BCUT2D eigenvalue weighted by atomic mass is 10.4. The highest BCUT2D eigenvalue weighted by Gasteiger charge is 1.99. The summed E-state index contributed by atoms with van der Waals surface area (Å²) in [6.45, 7) is 0. The molecule has 2 aromatic heterocycles. The van der Waals surface area contributed by atoms with Crippen LogP contribution in [0.2, 0.25) is 5.02 Å². The van der Waals surface area contributed by atoms with Gasteiger partial charge in [-0.15, -0.1) is 0 Å². The first-order valence-corrected chi connectivity index (χ1v) is 4.74. The summed E-state index contributed by atoms with van der Waals surface area (Å²) in [6, 6.07) is 1.91. The summed E-state index contributed by atoms with van der Waals surface area (Å²) in [7, 11) is 0. The smallest absolute Gasteiger partial charge is 0.0840 e. The van der Waals surface area contributed by atoms with Gasteiger partial charge in [-0.2, -0.15) is 5.10 Å². The minimum absolute atomic E-state index is 0.611. The van der Waals surface area contributed by atoms with Crippen LogP contribution in [0.4, 0.5) is 0 Å². The molecule has 0 N–H and O–H groups in total. The second-order valence-electron chi connectivity index (χ2n) is 2.46. The zero-order valence-electron chi connectivity index (χ0n) is 6.48. The molecular weight excluding hydrogens is 253 g/mol. The van der Waals surface area contributed by atoms with Gasteiger partial charge < -0.3 is 0 Å². The molecule has 13 heavy (non-hydrogen) atoms. The first-order chi connectivity index (χ1) is 6.25. The van der Waals surface area contributed by atoms with Crippen molar-refractivity contribution in [3.8, 4) is 5.69 Å². The second kappa shape index (κ2) is 3.47. The van der Waals surface area contributed by atoms with Crippen molar-refractivity contribution >= 4 is 27.5 Å². The van der Waals surface area contributed by atoms with E-state index in [2.05, 4.69) is 26.0 Å². The zero-order chi connectivity index (χ0) is 9.26. The molecule has 0 amide bonds. The van der Waals surface area contributed by atoms with E-state index in [4.69, 9.17) is 11.6 Å². The SMILES string of the molecule is Clc1cnn(-c2cncc(Br)c2)c1. The van der Waals surface area contributed by atoms with Crippen LogP contribution in [0.3, 0.4) is 0 Å². The summed E-state index contributed by atoms with van der Waals surface area (Å²) < 4.78 is 2.58. The minimum Gasteiger partial charge on any atom is -0.261 e. The van der Waals surface area contributed by atoms with Crippen LogP contribution in [-0.2, 0) is 0 Å². The molecule has 0 aliphatic rings. The van der Waals surface area contributed by atoms with Crippen LogP contribution in [0.15, 0.2) is 35.3 Å². The Morgan fingerprint density at radius 2 is 2.15 bits per heavy atom. The van der Waals surface area contributed by atoms with Gasteiger partial charge in [0.25, 0.3) is 0 Å². The molecule has 0 fully saturated rings. The molecule has 0 radical (unpaired) electrons. The van der Waals surface area contributed by atoms with E-state index in [1.54, 1.807) is 29.5 Å². The first-order valence-electron chi connectivity index (χ1n) is 3.57. The fourth-order valence-electron chi connectivity index (χ4n) is 0.968. The minimum atomic E-state index is 0.611. The fourth-order valence-corrected chi connectivity index (χ4v) is 1.46. The van der Waals surface area contributed by atoms with Gasteiger partial charge in [-0.3, -0.25) is 4.98 Å². The Bertz CT molecular complexity index is 427. The van der Waals surface area contributed by atoms with Crippen molar-refractivity contribution in [3.05, 3.63) is 40.3 Å². The highest BCUT2D eigenvalue weighted by Crippen LogP contribution is 2.14. The molecule has 0 atom stereocenters. The quantitative estimate of drug-likeness (QED) is 0.787. The van der Waals surface area contributed by atoms with Gasteiger partial charge in [0, 0.05) is 16.9 Å². The summed E-state index contributed by atoms with van der Waals surface area (Å²) in [5, 5.41) is 4.66. The number of nitrogens with zero attached hydrogens (tertiary/aromatic N) is 3. The molecule has 66 valence electrons. The lowest BCUT2D eigenvalue weighted by molar-refractivity contribution is 0.873. The van der Waals surface area contributed by atoms with Crippen molar-refractivity contribution in [2.45, 2.75) is 0 Å². The van der Waals surface area contributed by atoms with Crippen molar-refractivity contribution in [1.29, 1.82) is 0 Å².